The number of nitrogens with one attached hydrogen (secondary N) is 1. The lowest BCUT2D eigenvalue weighted by Gasteiger charge is -2.24. The molecule has 9 heteroatoms. The summed E-state index contributed by atoms with van der Waals surface area (Å²) >= 11 is 3.44. The molecular formula is C19H22BrN5O3. The van der Waals surface area contributed by atoms with E-state index in [1.165, 1.54) is 4.90 Å². The van der Waals surface area contributed by atoms with E-state index in [4.69, 9.17) is 9.47 Å². The number of carbonyl (C=O) groups is 1. The summed E-state index contributed by atoms with van der Waals surface area (Å²) in [5.74, 6) is 0.451. The summed E-state index contributed by atoms with van der Waals surface area (Å²) in [6.45, 7) is 6.13. The second kappa shape index (κ2) is 8.14. The molecule has 0 unspecified atom stereocenters. The summed E-state index contributed by atoms with van der Waals surface area (Å²) < 4.78 is 12.0. The van der Waals surface area contributed by atoms with Gasteiger partial charge < -0.3 is 14.4 Å². The number of fused-ring (bicyclic) bond motifs is 1. The SMILES string of the molecule is CN(CCOc1ncccc1-c1cc2c(Br)[nH]nc2cn1)C(=O)OC(C)(C)C. The highest BCUT2D eigenvalue weighted by Crippen LogP contribution is 2.30. The van der Waals surface area contributed by atoms with Crippen molar-refractivity contribution < 1.29 is 14.3 Å². The number of hydrogen-bond donors (Lipinski definition) is 1. The lowest BCUT2D eigenvalue weighted by molar-refractivity contribution is 0.0277. The Hall–Kier alpha value is -2.68. The number of likely N-dealkylation sites (N-methyl/N-ethyl adjacent to an activating group) is 1. The molecule has 0 saturated carbocycles. The molecule has 28 heavy (non-hydrogen) atoms. The molecule has 0 fully saturated rings. The number of ether oxygens (including phenoxy) is 2. The minimum atomic E-state index is -0.536. The molecule has 0 atom stereocenters. The van der Waals surface area contributed by atoms with Crippen molar-refractivity contribution in [3.63, 3.8) is 0 Å². The van der Waals surface area contributed by atoms with Gasteiger partial charge in [-0.05, 0) is 54.9 Å². The molecule has 1 N–H and O–H groups in total. The summed E-state index contributed by atoms with van der Waals surface area (Å²) in [6.07, 6.45) is 2.95. The van der Waals surface area contributed by atoms with E-state index in [1.54, 1.807) is 19.4 Å². The maximum Gasteiger partial charge on any atom is 0.410 e. The highest BCUT2D eigenvalue weighted by atomic mass is 79.9. The predicted molar refractivity (Wildman–Crippen MR) is 109 cm³/mol. The van der Waals surface area contributed by atoms with Gasteiger partial charge in [-0.25, -0.2) is 9.78 Å². The summed E-state index contributed by atoms with van der Waals surface area (Å²) in [5.41, 5.74) is 1.71. The number of carbonyl (C=O) groups excluding carboxylic acids is 1. The van der Waals surface area contributed by atoms with Crippen molar-refractivity contribution in [3.05, 3.63) is 35.2 Å². The summed E-state index contributed by atoms with van der Waals surface area (Å²) in [4.78, 5) is 22.3. The monoisotopic (exact) mass is 447 g/mol. The van der Waals surface area contributed by atoms with E-state index in [9.17, 15) is 4.79 Å². The van der Waals surface area contributed by atoms with E-state index >= 15 is 0 Å². The minimum Gasteiger partial charge on any atom is -0.475 e. The Morgan fingerprint density at radius 3 is 2.86 bits per heavy atom. The van der Waals surface area contributed by atoms with Crippen molar-refractivity contribution in [1.82, 2.24) is 25.1 Å². The second-order valence-corrected chi connectivity index (χ2v) is 8.02. The number of aromatic nitrogens is 4. The standard InChI is InChI=1S/C19H22BrN5O3/c1-19(2,3)28-18(26)25(4)8-9-27-17-12(6-5-7-21-17)14-10-13-15(11-22-14)23-24-16(13)20/h5-7,10-11H,8-9H2,1-4H3,(H,23,24). The molecule has 0 radical (unpaired) electrons. The predicted octanol–water partition coefficient (Wildman–Crippen LogP) is 4.03. The molecule has 148 valence electrons. The summed E-state index contributed by atoms with van der Waals surface area (Å²) in [5, 5.41) is 7.95. The quantitative estimate of drug-likeness (QED) is 0.634. The van der Waals surface area contributed by atoms with Crippen LogP contribution in [0.5, 0.6) is 5.88 Å². The molecule has 0 bridgehead atoms. The normalized spacial score (nSPS) is 11.5. The molecule has 0 aliphatic rings. The highest BCUT2D eigenvalue weighted by molar-refractivity contribution is 9.10. The first-order valence-electron chi connectivity index (χ1n) is 8.76. The van der Waals surface area contributed by atoms with Crippen molar-refractivity contribution in [3.8, 4) is 17.1 Å². The molecule has 0 aliphatic carbocycles. The van der Waals surface area contributed by atoms with Crippen LogP contribution in [-0.4, -0.2) is 57.0 Å². The van der Waals surface area contributed by atoms with Crippen LogP contribution in [0.15, 0.2) is 35.2 Å². The van der Waals surface area contributed by atoms with Gasteiger partial charge in [0.15, 0.2) is 0 Å². The van der Waals surface area contributed by atoms with Crippen LogP contribution in [0.25, 0.3) is 22.2 Å². The van der Waals surface area contributed by atoms with Crippen molar-refractivity contribution >= 4 is 32.9 Å². The number of rotatable bonds is 5. The van der Waals surface area contributed by atoms with Crippen LogP contribution in [0, 0.1) is 0 Å². The van der Waals surface area contributed by atoms with Crippen LogP contribution in [-0.2, 0) is 4.74 Å². The van der Waals surface area contributed by atoms with E-state index in [2.05, 4.69) is 36.1 Å². The molecule has 1 amide bonds. The van der Waals surface area contributed by atoms with Crippen molar-refractivity contribution in [2.75, 3.05) is 20.2 Å². The lowest BCUT2D eigenvalue weighted by Crippen LogP contribution is -2.36. The lowest BCUT2D eigenvalue weighted by atomic mass is 10.1. The zero-order valence-electron chi connectivity index (χ0n) is 16.2. The number of amides is 1. The van der Waals surface area contributed by atoms with E-state index in [-0.39, 0.29) is 6.61 Å². The third-order valence-corrected chi connectivity index (χ3v) is 4.42. The first kappa shape index (κ1) is 20.1. The summed E-state index contributed by atoms with van der Waals surface area (Å²) in [6, 6.07) is 5.63. The molecule has 0 saturated heterocycles. The van der Waals surface area contributed by atoms with E-state index in [0.29, 0.717) is 12.4 Å². The zero-order chi connectivity index (χ0) is 20.3. The van der Waals surface area contributed by atoms with Gasteiger partial charge in [0.1, 0.15) is 22.3 Å². The molecule has 0 spiro atoms. The van der Waals surface area contributed by atoms with Crippen LogP contribution in [0.1, 0.15) is 20.8 Å². The smallest absolute Gasteiger partial charge is 0.410 e. The fourth-order valence-corrected chi connectivity index (χ4v) is 2.85. The third kappa shape index (κ3) is 4.78. The maximum absolute atomic E-state index is 12.0. The number of hydrogen-bond acceptors (Lipinski definition) is 6. The van der Waals surface area contributed by atoms with Crippen molar-refractivity contribution in [2.45, 2.75) is 26.4 Å². The molecule has 0 aromatic carbocycles. The summed E-state index contributed by atoms with van der Waals surface area (Å²) in [7, 11) is 1.67. The minimum absolute atomic E-state index is 0.275. The Morgan fingerprint density at radius 2 is 2.11 bits per heavy atom. The molecule has 0 aliphatic heterocycles. The van der Waals surface area contributed by atoms with Crippen LogP contribution in [0.3, 0.4) is 0 Å². The second-order valence-electron chi connectivity index (χ2n) is 7.23. The number of H-pyrrole nitrogens is 1. The van der Waals surface area contributed by atoms with E-state index in [1.807, 2.05) is 39.0 Å². The number of nitrogens with zero attached hydrogens (tertiary/aromatic N) is 4. The van der Waals surface area contributed by atoms with Gasteiger partial charge >= 0.3 is 6.09 Å². The van der Waals surface area contributed by atoms with Gasteiger partial charge in [0.25, 0.3) is 0 Å². The molecule has 3 heterocycles. The van der Waals surface area contributed by atoms with Crippen LogP contribution in [0.2, 0.25) is 0 Å². The van der Waals surface area contributed by atoms with E-state index in [0.717, 1.165) is 26.8 Å². The van der Waals surface area contributed by atoms with Crippen molar-refractivity contribution in [2.24, 2.45) is 0 Å². The molecular weight excluding hydrogens is 426 g/mol. The first-order valence-corrected chi connectivity index (χ1v) is 9.56. The van der Waals surface area contributed by atoms with E-state index < -0.39 is 11.7 Å². The van der Waals surface area contributed by atoms with Crippen LogP contribution in [0.4, 0.5) is 4.79 Å². The fraction of sp³-hybridized carbons (Fsp3) is 0.368. The average molecular weight is 448 g/mol. The Labute approximate surface area is 171 Å². The topological polar surface area (TPSA) is 93.2 Å². The third-order valence-electron chi connectivity index (χ3n) is 3.81. The molecule has 8 nitrogen and oxygen atoms in total. The number of halogens is 1. The van der Waals surface area contributed by atoms with Crippen LogP contribution >= 0.6 is 15.9 Å². The molecule has 3 rings (SSSR count). The van der Waals surface area contributed by atoms with Gasteiger partial charge in [-0.1, -0.05) is 0 Å². The number of aromatic amines is 1. The zero-order valence-corrected chi connectivity index (χ0v) is 17.8. The average Bonchev–Trinajstić information content (AvgIpc) is 3.01. The Kier molecular flexibility index (Phi) is 5.83. The van der Waals surface area contributed by atoms with Gasteiger partial charge in [-0.15, -0.1) is 0 Å². The largest absolute Gasteiger partial charge is 0.475 e. The molecule has 3 aromatic rings. The van der Waals surface area contributed by atoms with Gasteiger partial charge in [0, 0.05) is 18.6 Å². The Balaban J connectivity index is 1.70. The Morgan fingerprint density at radius 1 is 1.32 bits per heavy atom. The fourth-order valence-electron chi connectivity index (χ4n) is 2.44. The van der Waals surface area contributed by atoms with Gasteiger partial charge in [-0.3, -0.25) is 10.1 Å². The molecule has 3 aromatic heterocycles. The van der Waals surface area contributed by atoms with Gasteiger partial charge in [0.05, 0.1) is 24.0 Å². The van der Waals surface area contributed by atoms with Gasteiger partial charge in [-0.2, -0.15) is 5.10 Å². The maximum atomic E-state index is 12.0. The first-order chi connectivity index (χ1) is 13.2. The van der Waals surface area contributed by atoms with Crippen LogP contribution < -0.4 is 4.74 Å². The number of pyridine rings is 2. The Bertz CT molecular complexity index is 983. The highest BCUT2D eigenvalue weighted by Gasteiger charge is 2.19. The van der Waals surface area contributed by atoms with Gasteiger partial charge in [0.2, 0.25) is 5.88 Å². The van der Waals surface area contributed by atoms with Crippen molar-refractivity contribution in [1.29, 1.82) is 0 Å².